The van der Waals surface area contributed by atoms with Crippen molar-refractivity contribution >= 4 is 19.8 Å². The molecule has 11 heteroatoms. The van der Waals surface area contributed by atoms with Crippen LogP contribution in [0.2, 0.25) is 0 Å². The van der Waals surface area contributed by atoms with Crippen LogP contribution >= 0.6 is 7.82 Å². The summed E-state index contributed by atoms with van der Waals surface area (Å²) in [6.45, 7) is 3.87. The molecule has 0 aromatic rings. The predicted molar refractivity (Wildman–Crippen MR) is 217 cm³/mol. The van der Waals surface area contributed by atoms with Gasteiger partial charge in [0.15, 0.2) is 0 Å². The number of phosphoric ester groups is 1. The highest BCUT2D eigenvalue weighted by Gasteiger charge is 2.27. The van der Waals surface area contributed by atoms with Gasteiger partial charge in [-0.1, -0.05) is 174 Å². The second-order valence-electron chi connectivity index (χ2n) is 14.8. The van der Waals surface area contributed by atoms with Crippen LogP contribution in [0.4, 0.5) is 0 Å². The van der Waals surface area contributed by atoms with Crippen molar-refractivity contribution in [2.45, 2.75) is 219 Å². The normalized spacial score (nSPS) is 14.0. The van der Waals surface area contributed by atoms with Crippen molar-refractivity contribution in [1.82, 2.24) is 0 Å². The maximum absolute atomic E-state index is 12.6. The van der Waals surface area contributed by atoms with E-state index in [1.54, 1.807) is 0 Å². The van der Waals surface area contributed by atoms with Gasteiger partial charge in [0.05, 0.1) is 19.8 Å². The Morgan fingerprint density at radius 2 is 0.981 bits per heavy atom. The molecule has 0 aliphatic rings. The second kappa shape index (κ2) is 39.0. The third kappa shape index (κ3) is 38.8. The zero-order valence-corrected chi connectivity index (χ0v) is 35.0. The average Bonchev–Trinajstić information content (AvgIpc) is 3.13. The number of aliphatic carboxylic acids is 1. The number of ether oxygens (including phenoxy) is 2. The van der Waals surface area contributed by atoms with Gasteiger partial charge in [-0.2, -0.15) is 0 Å². The molecule has 0 amide bonds. The number of carbonyl (C=O) groups is 2. The van der Waals surface area contributed by atoms with Crippen LogP contribution in [0.3, 0.4) is 0 Å². The van der Waals surface area contributed by atoms with Gasteiger partial charge in [0.2, 0.25) is 0 Å². The standard InChI is InChI=1S/C42H82NO9P/c1-3-5-7-9-11-13-14-15-16-17-18-19-20-21-22-23-24-25-26-27-28-30-32-34-41(44)52-39(36-49-35-33-31-29-12-10-8-6-4-2)37-50-53(47,48)51-38-40(43)42(45)46/h17-18,39-40H,3-16,19-38,43H2,1-2H3,(H,45,46)(H,47,48)/b18-17-. The number of carboxylic acid groups (broad SMARTS) is 1. The number of esters is 1. The van der Waals surface area contributed by atoms with E-state index < -0.39 is 45.1 Å². The minimum absolute atomic E-state index is 0.0212. The predicted octanol–water partition coefficient (Wildman–Crippen LogP) is 11.8. The van der Waals surface area contributed by atoms with E-state index in [0.717, 1.165) is 32.1 Å². The molecule has 0 radical (unpaired) electrons. The second-order valence-corrected chi connectivity index (χ2v) is 16.3. The lowest BCUT2D eigenvalue weighted by Gasteiger charge is -2.20. The highest BCUT2D eigenvalue weighted by Crippen LogP contribution is 2.43. The quantitative estimate of drug-likeness (QED) is 0.0236. The van der Waals surface area contributed by atoms with Crippen LogP contribution in [0.5, 0.6) is 0 Å². The first-order chi connectivity index (χ1) is 25.7. The maximum atomic E-state index is 12.6. The Labute approximate surface area is 324 Å². The maximum Gasteiger partial charge on any atom is 0.472 e. The number of hydrogen-bond acceptors (Lipinski definition) is 8. The molecule has 0 aliphatic heterocycles. The number of unbranched alkanes of at least 4 members (excludes halogenated alkanes) is 26. The summed E-state index contributed by atoms with van der Waals surface area (Å²) in [7, 11) is -4.60. The van der Waals surface area contributed by atoms with E-state index >= 15 is 0 Å². The Balaban J connectivity index is 4.04. The van der Waals surface area contributed by atoms with E-state index in [0.29, 0.717) is 13.0 Å². The molecule has 0 spiro atoms. The number of carbonyl (C=O) groups excluding carboxylic acids is 1. The van der Waals surface area contributed by atoms with Gasteiger partial charge in [-0.25, -0.2) is 4.57 Å². The van der Waals surface area contributed by atoms with Gasteiger partial charge in [-0.15, -0.1) is 0 Å². The van der Waals surface area contributed by atoms with Gasteiger partial charge >= 0.3 is 19.8 Å². The first-order valence-corrected chi connectivity index (χ1v) is 23.2. The third-order valence-electron chi connectivity index (χ3n) is 9.54. The van der Waals surface area contributed by atoms with Gasteiger partial charge in [0.1, 0.15) is 12.1 Å². The fourth-order valence-corrected chi connectivity index (χ4v) is 6.91. The van der Waals surface area contributed by atoms with Crippen LogP contribution in [0.1, 0.15) is 206 Å². The van der Waals surface area contributed by atoms with Crippen LogP contribution in [-0.4, -0.2) is 60.5 Å². The van der Waals surface area contributed by atoms with Crippen molar-refractivity contribution in [3.8, 4) is 0 Å². The molecule has 3 unspecified atom stereocenters. The molecular weight excluding hydrogens is 693 g/mol. The van der Waals surface area contributed by atoms with Crippen molar-refractivity contribution in [1.29, 1.82) is 0 Å². The Kier molecular flexibility index (Phi) is 38.0. The summed E-state index contributed by atoms with van der Waals surface area (Å²) in [5.41, 5.74) is 5.34. The number of rotatable bonds is 42. The van der Waals surface area contributed by atoms with Crippen molar-refractivity contribution in [3.63, 3.8) is 0 Å². The first-order valence-electron chi connectivity index (χ1n) is 21.7. The lowest BCUT2D eigenvalue weighted by Crippen LogP contribution is -2.34. The zero-order valence-electron chi connectivity index (χ0n) is 34.1. The lowest BCUT2D eigenvalue weighted by molar-refractivity contribution is -0.154. The Hall–Kier alpha value is -1.29. The highest BCUT2D eigenvalue weighted by molar-refractivity contribution is 7.47. The van der Waals surface area contributed by atoms with Crippen LogP contribution in [-0.2, 0) is 32.7 Å². The molecule has 10 nitrogen and oxygen atoms in total. The van der Waals surface area contributed by atoms with Crippen LogP contribution in [0.15, 0.2) is 12.2 Å². The lowest BCUT2D eigenvalue weighted by atomic mass is 10.0. The molecule has 53 heavy (non-hydrogen) atoms. The fourth-order valence-electron chi connectivity index (χ4n) is 6.13. The van der Waals surface area contributed by atoms with E-state index in [-0.39, 0.29) is 13.0 Å². The largest absolute Gasteiger partial charge is 0.480 e. The third-order valence-corrected chi connectivity index (χ3v) is 10.5. The molecule has 0 fully saturated rings. The summed E-state index contributed by atoms with van der Waals surface area (Å²) in [4.78, 5) is 33.4. The van der Waals surface area contributed by atoms with Crippen molar-refractivity contribution in [3.05, 3.63) is 12.2 Å². The Morgan fingerprint density at radius 1 is 0.585 bits per heavy atom. The molecule has 0 bridgehead atoms. The Bertz CT molecular complexity index is 904. The average molecular weight is 776 g/mol. The molecule has 0 aliphatic carbocycles. The van der Waals surface area contributed by atoms with Gasteiger partial charge in [0.25, 0.3) is 0 Å². The molecule has 0 heterocycles. The van der Waals surface area contributed by atoms with Crippen LogP contribution in [0, 0.1) is 0 Å². The van der Waals surface area contributed by atoms with Gasteiger partial charge in [-0.3, -0.25) is 18.6 Å². The molecule has 0 aromatic heterocycles. The van der Waals surface area contributed by atoms with E-state index in [1.165, 1.54) is 148 Å². The number of allylic oxidation sites excluding steroid dienone is 2. The van der Waals surface area contributed by atoms with Gasteiger partial charge in [0, 0.05) is 13.0 Å². The highest BCUT2D eigenvalue weighted by atomic mass is 31.2. The Morgan fingerprint density at radius 3 is 1.43 bits per heavy atom. The molecule has 0 aromatic carbocycles. The van der Waals surface area contributed by atoms with Gasteiger partial charge < -0.3 is 25.2 Å². The van der Waals surface area contributed by atoms with E-state index in [2.05, 4.69) is 26.0 Å². The molecule has 4 N–H and O–H groups in total. The van der Waals surface area contributed by atoms with Crippen molar-refractivity contribution in [2.75, 3.05) is 26.4 Å². The number of carboxylic acids is 1. The topological polar surface area (TPSA) is 155 Å². The van der Waals surface area contributed by atoms with Crippen LogP contribution in [0.25, 0.3) is 0 Å². The molecule has 0 saturated heterocycles. The molecule has 0 rings (SSSR count). The molecular formula is C42H82NO9P. The summed E-state index contributed by atoms with van der Waals surface area (Å²) in [5.74, 6) is -1.77. The summed E-state index contributed by atoms with van der Waals surface area (Å²) in [6, 6.07) is -1.47. The zero-order chi connectivity index (χ0) is 39.1. The number of hydrogen-bond donors (Lipinski definition) is 3. The van der Waals surface area contributed by atoms with E-state index in [9.17, 15) is 19.0 Å². The van der Waals surface area contributed by atoms with Gasteiger partial charge in [-0.05, 0) is 38.5 Å². The van der Waals surface area contributed by atoms with Crippen molar-refractivity contribution < 1.29 is 42.7 Å². The fraction of sp³-hybridized carbons (Fsp3) is 0.905. The van der Waals surface area contributed by atoms with Crippen LogP contribution < -0.4 is 5.73 Å². The summed E-state index contributed by atoms with van der Waals surface area (Å²) in [6.07, 6.45) is 40.0. The monoisotopic (exact) mass is 776 g/mol. The van der Waals surface area contributed by atoms with Crippen molar-refractivity contribution in [2.24, 2.45) is 5.73 Å². The SMILES string of the molecule is CCCCCCCCCC/C=C\CCCCCCCCCCCCCC(=O)OC(COCCCCCCCCCC)COP(=O)(O)OCC(N)C(=O)O. The summed E-state index contributed by atoms with van der Waals surface area (Å²) < 4.78 is 33.2. The minimum Gasteiger partial charge on any atom is -0.480 e. The number of phosphoric acid groups is 1. The first kappa shape index (κ1) is 51.7. The smallest absolute Gasteiger partial charge is 0.472 e. The molecule has 0 saturated carbocycles. The van der Waals surface area contributed by atoms with E-state index in [1.807, 2.05) is 0 Å². The minimum atomic E-state index is -4.60. The molecule has 314 valence electrons. The number of nitrogens with two attached hydrogens (primary N) is 1. The molecule has 3 atom stereocenters. The van der Waals surface area contributed by atoms with E-state index in [4.69, 9.17) is 29.4 Å². The summed E-state index contributed by atoms with van der Waals surface area (Å²) >= 11 is 0. The summed E-state index contributed by atoms with van der Waals surface area (Å²) in [5, 5.41) is 8.87.